The Bertz CT molecular complexity index is 4820. The lowest BCUT2D eigenvalue weighted by Gasteiger charge is -2.29. The Morgan fingerprint density at radius 2 is 0.800 bits per heavy atom. The van der Waals surface area contributed by atoms with Gasteiger partial charge in [-0.15, -0.1) is 0 Å². The van der Waals surface area contributed by atoms with Gasteiger partial charge in [0, 0.05) is 64.6 Å². The fraction of sp³-hybridized carbons (Fsp3) is 0.527. The van der Waals surface area contributed by atoms with Crippen LogP contribution in [0.15, 0.2) is 103 Å². The van der Waals surface area contributed by atoms with Crippen LogP contribution in [-0.4, -0.2) is 259 Å². The number of nitrogens with one attached hydrogen (secondary N) is 23. The zero-order chi connectivity index (χ0) is 103. The molecule has 4 aromatic carbocycles. The van der Waals surface area contributed by atoms with Crippen LogP contribution >= 0.6 is 0 Å². The van der Waals surface area contributed by atoms with E-state index in [2.05, 4.69) is 95.7 Å². The van der Waals surface area contributed by atoms with Gasteiger partial charge in [-0.05, 0) is 193 Å². The maximum atomic E-state index is 16.0. The number of hydrogen-bond acceptors (Lipinski definition) is 24. The van der Waals surface area contributed by atoms with E-state index >= 15 is 47.9 Å². The van der Waals surface area contributed by atoms with E-state index in [-0.39, 0.29) is 192 Å². The first-order chi connectivity index (χ1) is 66.7. The minimum Gasteiger partial charge on any atom is -0.508 e. The lowest BCUT2D eigenvalue weighted by molar-refractivity contribution is -0.142. The van der Waals surface area contributed by atoms with Crippen molar-refractivity contribution in [2.24, 2.45) is 57.5 Å². The van der Waals surface area contributed by atoms with Crippen LogP contribution in [0.5, 0.6) is 11.5 Å². The van der Waals surface area contributed by atoms with Crippen molar-refractivity contribution in [1.82, 2.24) is 95.7 Å². The predicted molar refractivity (Wildman–Crippen MR) is 525 cm³/mol. The fourth-order valence-corrected chi connectivity index (χ4v) is 15.0. The predicted octanol–water partition coefficient (Wildman–Crippen LogP) is -4.70. The normalized spacial score (nSPS) is 20.1. The van der Waals surface area contributed by atoms with Crippen LogP contribution in [0.3, 0.4) is 0 Å². The molecule has 1 aliphatic rings. The Morgan fingerprint density at radius 3 is 1.28 bits per heavy atom. The molecular formula is C91H144N32O17. The number of hydrogen-bond donors (Lipinski definition) is 35. The van der Waals surface area contributed by atoms with Crippen molar-refractivity contribution in [3.8, 4) is 11.5 Å². The standard InChI is InChI=1S/C91H144N32O17/c1-52-28-35-58(18-6-8-40-92)112-75(128)62(22-7-9-41-93)114-77(130)67(24-12-44-108-88(99)100)119-83(136)71(50-54-32-38-60(125)39-33-54)122-80(133)64(117-84(137)72(51-55-29-34-56-16-2-3-17-57(56)48-55)123-81(134)65(23-11-43-107-87(97)98)113-74(127)61(94)19-10-42-106-86(95)96)21-5-4-20-63(79(132)120-69(85(138)139)27-15-46-110-90(103)104)115-76(129)66(26-14-47-111-91(105)140)116-78(131)68(25-13-45-109-89(101)102)118-82(135)70(121-73(52)126)49-53-30-36-59(124)37-31-53/h2-3,16-17,28-39,48,52,58,61-72,124-125H,4-15,18-27,40-47,49-51,92-94H2,1H3,(H,112,128)(H,113,127)(H,114,130)(H,115,129)(H,116,131)(H,117,137)(H,118,135)(H,119,136)(H,120,132)(H,121,126)(H,122,133)(H,123,134)(H,138,139)(H4,95,96,106)(H4,97,98,107)(H4,99,100,108)(H4,101,102,109)(H4,103,104,110)(H3,105,111,140)/b35-28+/t52-,58-,61+,62+,63?,64+,65+,66+,67?,68?,69+,70+,71+,72+/m1/s1. The number of aliphatic carboxylic acids is 1. The summed E-state index contributed by atoms with van der Waals surface area (Å²) in [5, 5.41) is 120. The third kappa shape index (κ3) is 45.4. The molecule has 14 atom stereocenters. The van der Waals surface area contributed by atoms with Gasteiger partial charge in [0.1, 0.15) is 78.0 Å². The highest BCUT2D eigenvalue weighted by molar-refractivity contribution is 6.00. The van der Waals surface area contributed by atoms with Crippen molar-refractivity contribution in [2.75, 3.05) is 52.4 Å². The quantitative estimate of drug-likeness (QED) is 0.00855. The highest BCUT2D eigenvalue weighted by Crippen LogP contribution is 2.22. The van der Waals surface area contributed by atoms with Gasteiger partial charge in [-0.1, -0.05) is 98.6 Å². The van der Waals surface area contributed by atoms with Gasteiger partial charge in [-0.2, -0.15) is 0 Å². The van der Waals surface area contributed by atoms with E-state index in [9.17, 15) is 34.5 Å². The number of nitrogens with two attached hydrogens (primary N) is 9. The molecule has 0 saturated heterocycles. The molecule has 1 heterocycles. The Labute approximate surface area is 812 Å². The zero-order valence-electron chi connectivity index (χ0n) is 79.0. The topological polar surface area (TPSA) is 870 Å². The smallest absolute Gasteiger partial charge is 0.326 e. The lowest BCUT2D eigenvalue weighted by Crippen LogP contribution is -2.60. The summed E-state index contributed by atoms with van der Waals surface area (Å²) in [4.78, 5) is 208. The van der Waals surface area contributed by atoms with Crippen LogP contribution in [0.4, 0.5) is 4.79 Å². The number of carboxylic acids is 1. The van der Waals surface area contributed by atoms with Gasteiger partial charge in [0.25, 0.3) is 0 Å². The first-order valence-electron chi connectivity index (χ1n) is 46.9. The molecule has 0 saturated carbocycles. The maximum absolute atomic E-state index is 16.0. The minimum atomic E-state index is -1.82. The Kier molecular flexibility index (Phi) is 51.8. The molecule has 4 aromatic rings. The molecule has 0 aromatic heterocycles. The van der Waals surface area contributed by atoms with E-state index in [4.69, 9.17) is 78.6 Å². The summed E-state index contributed by atoms with van der Waals surface area (Å²) < 4.78 is 0. The summed E-state index contributed by atoms with van der Waals surface area (Å²) in [5.41, 5.74) is 52.9. The van der Waals surface area contributed by atoms with Gasteiger partial charge in [-0.3, -0.25) is 84.6 Å². The Balaban J connectivity index is 1.83. The molecule has 44 N–H and O–H groups in total. The van der Waals surface area contributed by atoms with Gasteiger partial charge in [-0.25, -0.2) is 9.59 Å². The largest absolute Gasteiger partial charge is 0.508 e. The summed E-state index contributed by atoms with van der Waals surface area (Å²) in [6.07, 6.45) is 1.27. The molecule has 0 fully saturated rings. The number of fused-ring (bicyclic) bond motifs is 1. The number of unbranched alkanes of at least 4 members (excludes halogenated alkanes) is 2. The molecule has 1 aliphatic heterocycles. The molecule has 770 valence electrons. The van der Waals surface area contributed by atoms with Crippen LogP contribution < -0.4 is 147 Å². The van der Waals surface area contributed by atoms with E-state index in [1.54, 1.807) is 42.5 Å². The van der Waals surface area contributed by atoms with Crippen molar-refractivity contribution in [3.05, 3.63) is 120 Å². The monoisotopic (exact) mass is 1960 g/mol. The maximum Gasteiger partial charge on any atom is 0.326 e. The summed E-state index contributed by atoms with van der Waals surface area (Å²) in [6.45, 7) is 1.79. The summed E-state index contributed by atoms with van der Waals surface area (Å²) in [5.74, 6) is -16.7. The van der Waals surface area contributed by atoms with Crippen LogP contribution in [0.2, 0.25) is 0 Å². The van der Waals surface area contributed by atoms with Gasteiger partial charge in [0.2, 0.25) is 70.9 Å². The summed E-state index contributed by atoms with van der Waals surface area (Å²) in [6, 6.07) is 2.41. The third-order valence-corrected chi connectivity index (χ3v) is 22.7. The van der Waals surface area contributed by atoms with Crippen LogP contribution in [0.1, 0.15) is 165 Å². The van der Waals surface area contributed by atoms with Gasteiger partial charge >= 0.3 is 12.0 Å². The summed E-state index contributed by atoms with van der Waals surface area (Å²) >= 11 is 0. The third-order valence-electron chi connectivity index (χ3n) is 22.7. The number of primary amides is 1. The van der Waals surface area contributed by atoms with Crippen molar-refractivity contribution >= 4 is 123 Å². The fourth-order valence-electron chi connectivity index (χ4n) is 15.0. The average molecular weight is 1960 g/mol. The van der Waals surface area contributed by atoms with Gasteiger partial charge < -0.3 is 163 Å². The summed E-state index contributed by atoms with van der Waals surface area (Å²) in [7, 11) is 0. The molecule has 5 rings (SSSR count). The number of aromatic hydroxyl groups is 2. The first kappa shape index (κ1) is 116. The zero-order valence-corrected chi connectivity index (χ0v) is 79.0. The first-order valence-corrected chi connectivity index (χ1v) is 46.9. The number of urea groups is 1. The molecule has 49 nitrogen and oxygen atoms in total. The van der Waals surface area contributed by atoms with E-state index in [1.165, 1.54) is 61.5 Å². The van der Waals surface area contributed by atoms with Crippen molar-refractivity contribution < 1.29 is 82.4 Å². The van der Waals surface area contributed by atoms with Crippen LogP contribution in [0, 0.1) is 33.0 Å². The van der Waals surface area contributed by atoms with Crippen molar-refractivity contribution in [3.63, 3.8) is 0 Å². The number of phenolic OH excluding ortho intramolecular Hbond substituents is 2. The number of amides is 14. The van der Waals surface area contributed by atoms with Gasteiger partial charge in [0.05, 0.1) is 12.0 Å². The second-order valence-corrected chi connectivity index (χ2v) is 34.2. The average Bonchev–Trinajstić information content (AvgIpc) is 0.821. The van der Waals surface area contributed by atoms with Gasteiger partial charge in [0.15, 0.2) is 29.8 Å². The molecule has 140 heavy (non-hydrogen) atoms. The molecular weight excluding hydrogens is 1810 g/mol. The number of rotatable bonds is 47. The van der Waals surface area contributed by atoms with Crippen LogP contribution in [0.25, 0.3) is 10.8 Å². The number of carbonyl (C=O) groups is 14. The SMILES string of the molecule is C[C@@H]1/C=C/[C@@H](CCCCN)NC(=O)[C@H](CCCCN)NC(=O)C(CCCNC(=N)N)NC(=O)[C@H](Cc2ccc(O)cc2)NC(=O)[C@@H](NC(=O)[C@H](Cc2ccc3ccccc3c2)NC(=O)[C@H](CCCNC(=N)N)NC(=O)[C@@H](N)CCCNC(=N)N)CCCCC(C(=O)N[C@@H](CCCNC(=N)N)C(=O)O)NC(=O)[C@H](CCCNC(N)=O)NC(=O)C(CCCNC(=N)N)NC(=O)[C@H](Cc2ccc(O)cc2)NC1=O. The Hall–Kier alpha value is -14.9. The highest BCUT2D eigenvalue weighted by atomic mass is 16.4. The minimum absolute atomic E-state index is 0.00141. The van der Waals surface area contributed by atoms with Crippen LogP contribution in [-0.2, 0) is 81.6 Å². The molecule has 49 heteroatoms. The number of phenols is 2. The number of carboxylic acid groups (broad SMARTS) is 1. The van der Waals surface area contributed by atoms with E-state index in [1.807, 2.05) is 6.07 Å². The number of guanidine groups is 5. The second-order valence-electron chi connectivity index (χ2n) is 34.2. The molecule has 14 amide bonds. The van der Waals surface area contributed by atoms with E-state index < -0.39 is 210 Å². The van der Waals surface area contributed by atoms with Crippen molar-refractivity contribution in [2.45, 2.75) is 246 Å². The molecule has 0 bridgehead atoms. The van der Waals surface area contributed by atoms with Crippen molar-refractivity contribution in [1.29, 1.82) is 27.0 Å². The number of benzene rings is 4. The highest BCUT2D eigenvalue weighted by Gasteiger charge is 2.38. The lowest BCUT2D eigenvalue weighted by atomic mass is 9.98. The molecule has 0 aliphatic carbocycles. The van der Waals surface area contributed by atoms with E-state index in [0.717, 1.165) is 5.39 Å². The van der Waals surface area contributed by atoms with E-state index in [0.29, 0.717) is 41.3 Å². The number of carbonyl (C=O) groups excluding carboxylic acids is 13. The molecule has 0 spiro atoms. The second kappa shape index (κ2) is 62.8. The molecule has 0 radical (unpaired) electrons. The Morgan fingerprint density at radius 1 is 0.400 bits per heavy atom. The molecule has 3 unspecified atom stereocenters.